The number of carbonyl (C=O) groups excluding carboxylic acids is 1. The normalized spacial score (nSPS) is 10.7. The highest BCUT2D eigenvalue weighted by molar-refractivity contribution is 6.04. The number of aromatic nitrogens is 3. The highest BCUT2D eigenvalue weighted by Crippen LogP contribution is 2.27. The van der Waals surface area contributed by atoms with Gasteiger partial charge in [0.2, 0.25) is 0 Å². The van der Waals surface area contributed by atoms with Crippen molar-refractivity contribution in [2.24, 2.45) is 0 Å². The van der Waals surface area contributed by atoms with E-state index in [0.29, 0.717) is 23.7 Å². The summed E-state index contributed by atoms with van der Waals surface area (Å²) in [5.41, 5.74) is 4.11. The largest absolute Gasteiger partial charge is 0.494 e. The van der Waals surface area contributed by atoms with E-state index in [2.05, 4.69) is 22.3 Å². The summed E-state index contributed by atoms with van der Waals surface area (Å²) in [4.78, 5) is 17.2. The fourth-order valence-corrected chi connectivity index (χ4v) is 3.48. The van der Waals surface area contributed by atoms with Crippen LogP contribution in [0, 0.1) is 6.92 Å². The lowest BCUT2D eigenvalue weighted by Crippen LogP contribution is -2.12. The number of methoxy groups -OCH3 is 1. The molecule has 7 nitrogen and oxygen atoms in total. The molecule has 0 saturated heterocycles. The van der Waals surface area contributed by atoms with Crippen molar-refractivity contribution in [1.82, 2.24) is 14.8 Å². The van der Waals surface area contributed by atoms with Crippen molar-refractivity contribution in [3.63, 3.8) is 0 Å². The molecule has 1 amide bonds. The van der Waals surface area contributed by atoms with Crippen molar-refractivity contribution in [2.75, 3.05) is 19.0 Å². The number of nitrogens with one attached hydrogen (secondary N) is 1. The van der Waals surface area contributed by atoms with Crippen LogP contribution in [0.2, 0.25) is 0 Å². The first kappa shape index (κ1) is 23.0. The van der Waals surface area contributed by atoms with E-state index in [4.69, 9.17) is 9.47 Å². The molecule has 0 atom stereocenters. The highest BCUT2D eigenvalue weighted by Gasteiger charge is 2.16. The Kier molecular flexibility index (Phi) is 7.22. The molecular weight excluding hydrogens is 428 g/mol. The molecule has 174 valence electrons. The van der Waals surface area contributed by atoms with Crippen molar-refractivity contribution < 1.29 is 14.3 Å². The van der Waals surface area contributed by atoms with Gasteiger partial charge < -0.3 is 14.8 Å². The Morgan fingerprint density at radius 3 is 2.41 bits per heavy atom. The van der Waals surface area contributed by atoms with Gasteiger partial charge in [0, 0.05) is 16.8 Å². The van der Waals surface area contributed by atoms with E-state index in [9.17, 15) is 4.79 Å². The molecular formula is C27H28N4O3. The van der Waals surface area contributed by atoms with Crippen LogP contribution in [-0.4, -0.2) is 34.4 Å². The van der Waals surface area contributed by atoms with E-state index in [1.807, 2.05) is 67.6 Å². The number of ether oxygens (including phenoxy) is 2. The first-order valence-electron chi connectivity index (χ1n) is 11.3. The molecule has 4 rings (SSSR count). The maximum absolute atomic E-state index is 12.7. The van der Waals surface area contributed by atoms with Crippen LogP contribution in [0.25, 0.3) is 17.1 Å². The second kappa shape index (κ2) is 10.7. The second-order valence-electron chi connectivity index (χ2n) is 7.88. The van der Waals surface area contributed by atoms with Gasteiger partial charge in [-0.05, 0) is 67.4 Å². The molecule has 1 N–H and O–H groups in total. The summed E-state index contributed by atoms with van der Waals surface area (Å²) in [6.45, 7) is 4.83. The standard InChI is InChI=1S/C27H28N4O3/c1-4-5-18-34-23-16-10-20(11-17-23)26(32)28-21-12-14-22(15-13-21)31-25(29-27(30-31)33-3)24-9-7-6-8-19(24)2/h6-17H,4-5,18H2,1-3H3,(H,28,32). The van der Waals surface area contributed by atoms with Crippen LogP contribution in [0.5, 0.6) is 11.8 Å². The van der Waals surface area contributed by atoms with Crippen LogP contribution in [0.4, 0.5) is 5.69 Å². The van der Waals surface area contributed by atoms with Gasteiger partial charge in [-0.3, -0.25) is 4.79 Å². The van der Waals surface area contributed by atoms with Crippen LogP contribution < -0.4 is 14.8 Å². The first-order valence-corrected chi connectivity index (χ1v) is 11.3. The van der Waals surface area contributed by atoms with Gasteiger partial charge in [-0.2, -0.15) is 4.98 Å². The molecule has 34 heavy (non-hydrogen) atoms. The molecule has 0 spiro atoms. The van der Waals surface area contributed by atoms with Gasteiger partial charge >= 0.3 is 6.01 Å². The molecule has 0 aliphatic rings. The van der Waals surface area contributed by atoms with E-state index >= 15 is 0 Å². The third-order valence-electron chi connectivity index (χ3n) is 5.41. The van der Waals surface area contributed by atoms with Crippen LogP contribution in [-0.2, 0) is 0 Å². The minimum atomic E-state index is -0.184. The number of benzene rings is 3. The summed E-state index contributed by atoms with van der Waals surface area (Å²) in [6.07, 6.45) is 2.09. The number of aryl methyl sites for hydroxylation is 1. The molecule has 0 radical (unpaired) electrons. The SMILES string of the molecule is CCCCOc1ccc(C(=O)Nc2ccc(-n3nc(OC)nc3-c3ccccc3C)cc2)cc1. The molecule has 1 aromatic heterocycles. The molecule has 0 aliphatic carbocycles. The minimum absolute atomic E-state index is 0.184. The monoisotopic (exact) mass is 456 g/mol. The predicted octanol–water partition coefficient (Wildman–Crippen LogP) is 5.68. The van der Waals surface area contributed by atoms with Gasteiger partial charge in [-0.25, -0.2) is 4.68 Å². The zero-order valence-corrected chi connectivity index (χ0v) is 19.6. The molecule has 0 unspecified atom stereocenters. The maximum atomic E-state index is 12.7. The highest BCUT2D eigenvalue weighted by atomic mass is 16.5. The second-order valence-corrected chi connectivity index (χ2v) is 7.88. The molecule has 0 fully saturated rings. The number of hydrogen-bond acceptors (Lipinski definition) is 5. The van der Waals surface area contributed by atoms with Gasteiger partial charge in [-0.15, -0.1) is 5.10 Å². The minimum Gasteiger partial charge on any atom is -0.494 e. The third kappa shape index (κ3) is 5.26. The summed E-state index contributed by atoms with van der Waals surface area (Å²) in [6, 6.07) is 22.9. The first-order chi connectivity index (χ1) is 16.6. The summed E-state index contributed by atoms with van der Waals surface area (Å²) >= 11 is 0. The smallest absolute Gasteiger partial charge is 0.336 e. The molecule has 0 bridgehead atoms. The number of anilines is 1. The lowest BCUT2D eigenvalue weighted by molar-refractivity contribution is 0.102. The molecule has 4 aromatic rings. The number of amides is 1. The topological polar surface area (TPSA) is 78.3 Å². The van der Waals surface area contributed by atoms with Gasteiger partial charge in [-0.1, -0.05) is 37.6 Å². The van der Waals surface area contributed by atoms with Crippen molar-refractivity contribution >= 4 is 11.6 Å². The quantitative estimate of drug-likeness (QED) is 0.328. The number of hydrogen-bond donors (Lipinski definition) is 1. The zero-order chi connectivity index (χ0) is 23.9. The van der Waals surface area contributed by atoms with E-state index in [0.717, 1.165) is 35.4 Å². The summed E-state index contributed by atoms with van der Waals surface area (Å²) in [7, 11) is 1.55. The van der Waals surface area contributed by atoms with E-state index in [-0.39, 0.29) is 11.9 Å². The van der Waals surface area contributed by atoms with Crippen LogP contribution in [0.1, 0.15) is 35.7 Å². The molecule has 3 aromatic carbocycles. The predicted molar refractivity (Wildman–Crippen MR) is 133 cm³/mol. The lowest BCUT2D eigenvalue weighted by Gasteiger charge is -2.10. The third-order valence-corrected chi connectivity index (χ3v) is 5.41. The van der Waals surface area contributed by atoms with E-state index in [1.165, 1.54) is 0 Å². The van der Waals surface area contributed by atoms with Crippen molar-refractivity contribution in [3.05, 3.63) is 83.9 Å². The fourth-order valence-electron chi connectivity index (χ4n) is 3.48. The van der Waals surface area contributed by atoms with Crippen molar-refractivity contribution in [2.45, 2.75) is 26.7 Å². The van der Waals surface area contributed by atoms with Gasteiger partial charge in [0.1, 0.15) is 5.75 Å². The summed E-state index contributed by atoms with van der Waals surface area (Å²) in [5, 5.41) is 7.40. The molecule has 7 heteroatoms. The Bertz CT molecular complexity index is 1250. The average Bonchev–Trinajstić information content (AvgIpc) is 3.30. The van der Waals surface area contributed by atoms with Crippen LogP contribution >= 0.6 is 0 Å². The van der Waals surface area contributed by atoms with E-state index < -0.39 is 0 Å². The van der Waals surface area contributed by atoms with Crippen LogP contribution in [0.15, 0.2) is 72.8 Å². The van der Waals surface area contributed by atoms with E-state index in [1.54, 1.807) is 23.9 Å². The summed E-state index contributed by atoms with van der Waals surface area (Å²) < 4.78 is 12.7. The number of nitrogens with zero attached hydrogens (tertiary/aromatic N) is 3. The maximum Gasteiger partial charge on any atom is 0.336 e. The molecule has 1 heterocycles. The van der Waals surface area contributed by atoms with Gasteiger partial charge in [0.25, 0.3) is 5.91 Å². The lowest BCUT2D eigenvalue weighted by atomic mass is 10.1. The van der Waals surface area contributed by atoms with Gasteiger partial charge in [0.05, 0.1) is 19.4 Å². The number of carbonyl (C=O) groups is 1. The van der Waals surface area contributed by atoms with Crippen LogP contribution in [0.3, 0.4) is 0 Å². The zero-order valence-electron chi connectivity index (χ0n) is 19.6. The molecule has 0 aliphatic heterocycles. The Balaban J connectivity index is 1.49. The Morgan fingerprint density at radius 2 is 1.74 bits per heavy atom. The Morgan fingerprint density at radius 1 is 1.00 bits per heavy atom. The van der Waals surface area contributed by atoms with Crippen molar-refractivity contribution in [3.8, 4) is 28.8 Å². The molecule has 0 saturated carbocycles. The Labute approximate surface area is 199 Å². The van der Waals surface area contributed by atoms with Gasteiger partial charge in [0.15, 0.2) is 5.82 Å². The van der Waals surface area contributed by atoms with Crippen molar-refractivity contribution in [1.29, 1.82) is 0 Å². The number of rotatable bonds is 9. The fraction of sp³-hybridized carbons (Fsp3) is 0.222. The number of unbranched alkanes of at least 4 members (excludes halogenated alkanes) is 1. The Hall–Kier alpha value is -4.13. The summed E-state index contributed by atoms with van der Waals surface area (Å²) in [5.74, 6) is 1.27. The average molecular weight is 457 g/mol.